The number of ether oxygens (including phenoxy) is 2. The van der Waals surface area contributed by atoms with E-state index < -0.39 is 6.16 Å². The van der Waals surface area contributed by atoms with Gasteiger partial charge in [0.25, 0.3) is 5.91 Å². The van der Waals surface area contributed by atoms with E-state index in [1.165, 1.54) is 24.3 Å². The van der Waals surface area contributed by atoms with E-state index in [2.05, 4.69) is 15.4 Å². The first kappa shape index (κ1) is 20.5. The molecule has 2 rings (SSSR count). The van der Waals surface area contributed by atoms with Crippen molar-refractivity contribution in [1.29, 1.82) is 5.26 Å². The fraction of sp³-hybridized carbons (Fsp3) is 0.200. The van der Waals surface area contributed by atoms with Crippen LogP contribution in [0.3, 0.4) is 0 Å². The van der Waals surface area contributed by atoms with Crippen LogP contribution < -0.4 is 15.4 Å². The first-order chi connectivity index (χ1) is 13.5. The van der Waals surface area contributed by atoms with Gasteiger partial charge in [-0.25, -0.2) is 4.79 Å². The molecular formula is C20H19N3O5. The molecule has 2 aromatic rings. The first-order valence-corrected chi connectivity index (χ1v) is 8.50. The summed E-state index contributed by atoms with van der Waals surface area (Å²) >= 11 is 0. The zero-order chi connectivity index (χ0) is 20.4. The smallest absolute Gasteiger partial charge is 0.434 e. The van der Waals surface area contributed by atoms with Crippen molar-refractivity contribution in [2.45, 2.75) is 19.9 Å². The molecule has 0 radical (unpaired) electrons. The van der Waals surface area contributed by atoms with E-state index in [4.69, 9.17) is 10.00 Å². The fourth-order valence-corrected chi connectivity index (χ4v) is 2.19. The number of hydrogen-bond donors (Lipinski definition) is 2. The standard InChI is InChI=1S/C20H19N3O5/c1-2-27-20(26)28-17-9-5-15(6-10-17)19(25)22-13-14-3-7-16(8-4-14)23-18(24)11-12-21/h3-10H,2,11,13H2,1H3,(H,22,25)(H,23,24). The average Bonchev–Trinajstić information content (AvgIpc) is 2.68. The molecule has 2 N–H and O–H groups in total. The molecule has 0 aliphatic rings. The van der Waals surface area contributed by atoms with E-state index in [-0.39, 0.29) is 30.6 Å². The average molecular weight is 381 g/mol. The highest BCUT2D eigenvalue weighted by atomic mass is 16.7. The summed E-state index contributed by atoms with van der Waals surface area (Å²) in [4.78, 5) is 34.8. The highest BCUT2D eigenvalue weighted by Crippen LogP contribution is 2.14. The molecule has 2 aromatic carbocycles. The van der Waals surface area contributed by atoms with Crippen LogP contribution in [0.25, 0.3) is 0 Å². The van der Waals surface area contributed by atoms with Gasteiger partial charge in [0.2, 0.25) is 5.91 Å². The van der Waals surface area contributed by atoms with Crippen LogP contribution in [0.4, 0.5) is 10.5 Å². The Bertz CT molecular complexity index is 870. The second-order valence-electron chi connectivity index (χ2n) is 5.57. The molecule has 0 spiro atoms. The fourth-order valence-electron chi connectivity index (χ4n) is 2.19. The van der Waals surface area contributed by atoms with Crippen molar-refractivity contribution >= 4 is 23.7 Å². The van der Waals surface area contributed by atoms with E-state index in [0.717, 1.165) is 5.56 Å². The van der Waals surface area contributed by atoms with Crippen molar-refractivity contribution in [3.8, 4) is 11.8 Å². The van der Waals surface area contributed by atoms with Gasteiger partial charge in [-0.3, -0.25) is 9.59 Å². The van der Waals surface area contributed by atoms with Crippen molar-refractivity contribution < 1.29 is 23.9 Å². The number of carbonyl (C=O) groups is 3. The molecule has 0 unspecified atom stereocenters. The van der Waals surface area contributed by atoms with Gasteiger partial charge in [0, 0.05) is 17.8 Å². The van der Waals surface area contributed by atoms with E-state index in [1.54, 1.807) is 37.3 Å². The number of carbonyl (C=O) groups excluding carboxylic acids is 3. The van der Waals surface area contributed by atoms with Crippen molar-refractivity contribution in [3.05, 3.63) is 59.7 Å². The second kappa shape index (κ2) is 10.3. The molecule has 0 bridgehead atoms. The molecule has 0 saturated carbocycles. The number of rotatable bonds is 7. The third-order valence-corrected chi connectivity index (χ3v) is 3.51. The predicted octanol–water partition coefficient (Wildman–Crippen LogP) is 3.00. The van der Waals surface area contributed by atoms with E-state index in [0.29, 0.717) is 17.8 Å². The molecule has 8 heteroatoms. The SMILES string of the molecule is CCOC(=O)Oc1ccc(C(=O)NCc2ccc(NC(=O)CC#N)cc2)cc1. The Hall–Kier alpha value is -3.86. The van der Waals surface area contributed by atoms with Crippen molar-refractivity contribution in [1.82, 2.24) is 5.32 Å². The van der Waals surface area contributed by atoms with Crippen LogP contribution in [0.5, 0.6) is 5.75 Å². The predicted molar refractivity (Wildman–Crippen MR) is 101 cm³/mol. The molecule has 2 amide bonds. The quantitative estimate of drug-likeness (QED) is 0.562. The van der Waals surface area contributed by atoms with Gasteiger partial charge < -0.3 is 20.1 Å². The number of nitrogens with one attached hydrogen (secondary N) is 2. The van der Waals surface area contributed by atoms with Crippen molar-refractivity contribution in [2.75, 3.05) is 11.9 Å². The number of hydrogen-bond acceptors (Lipinski definition) is 6. The minimum atomic E-state index is -0.799. The van der Waals surface area contributed by atoms with Crippen LogP contribution in [0.2, 0.25) is 0 Å². The molecule has 0 fully saturated rings. The van der Waals surface area contributed by atoms with Gasteiger partial charge in [0.15, 0.2) is 0 Å². The highest BCUT2D eigenvalue weighted by molar-refractivity contribution is 5.94. The molecule has 0 aliphatic carbocycles. The lowest BCUT2D eigenvalue weighted by Crippen LogP contribution is -2.22. The molecule has 0 saturated heterocycles. The Morgan fingerprint density at radius 1 is 1.04 bits per heavy atom. The zero-order valence-corrected chi connectivity index (χ0v) is 15.2. The van der Waals surface area contributed by atoms with Gasteiger partial charge >= 0.3 is 6.16 Å². The van der Waals surface area contributed by atoms with Gasteiger partial charge in [-0.15, -0.1) is 0 Å². The van der Waals surface area contributed by atoms with Gasteiger partial charge in [-0.1, -0.05) is 12.1 Å². The molecule has 28 heavy (non-hydrogen) atoms. The molecule has 0 heterocycles. The van der Waals surface area contributed by atoms with Gasteiger partial charge in [0.05, 0.1) is 12.7 Å². The third kappa shape index (κ3) is 6.46. The minimum absolute atomic E-state index is 0.207. The molecule has 0 atom stereocenters. The summed E-state index contributed by atoms with van der Waals surface area (Å²) in [6, 6.07) is 14.8. The second-order valence-corrected chi connectivity index (χ2v) is 5.57. The first-order valence-electron chi connectivity index (χ1n) is 8.50. The van der Waals surface area contributed by atoms with Crippen LogP contribution in [0, 0.1) is 11.3 Å². The molecule has 0 aromatic heterocycles. The van der Waals surface area contributed by atoms with Crippen LogP contribution in [-0.4, -0.2) is 24.6 Å². The summed E-state index contributed by atoms with van der Waals surface area (Å²) in [6.45, 7) is 2.19. The number of amides is 2. The van der Waals surface area contributed by atoms with Crippen LogP contribution >= 0.6 is 0 Å². The molecule has 144 valence electrons. The number of anilines is 1. The Kier molecular flexibility index (Phi) is 7.54. The molecular weight excluding hydrogens is 362 g/mol. The van der Waals surface area contributed by atoms with Gasteiger partial charge in [-0.2, -0.15) is 5.26 Å². The Morgan fingerprint density at radius 3 is 2.32 bits per heavy atom. The molecule has 8 nitrogen and oxygen atoms in total. The summed E-state index contributed by atoms with van der Waals surface area (Å²) < 4.78 is 9.61. The Labute approximate surface area is 162 Å². The van der Waals surface area contributed by atoms with Gasteiger partial charge in [-0.05, 0) is 48.9 Å². The number of benzene rings is 2. The summed E-state index contributed by atoms with van der Waals surface area (Å²) in [6.07, 6.45) is -1.01. The normalized spacial score (nSPS) is 9.71. The topological polar surface area (TPSA) is 118 Å². The zero-order valence-electron chi connectivity index (χ0n) is 15.2. The van der Waals surface area contributed by atoms with E-state index >= 15 is 0 Å². The summed E-state index contributed by atoms with van der Waals surface area (Å²) in [5, 5.41) is 13.8. The summed E-state index contributed by atoms with van der Waals surface area (Å²) in [5.41, 5.74) is 1.83. The monoisotopic (exact) mass is 381 g/mol. The Balaban J connectivity index is 1.85. The number of nitrogens with zero attached hydrogens (tertiary/aromatic N) is 1. The summed E-state index contributed by atoms with van der Waals surface area (Å²) in [7, 11) is 0. The maximum atomic E-state index is 12.2. The maximum Gasteiger partial charge on any atom is 0.513 e. The largest absolute Gasteiger partial charge is 0.513 e. The van der Waals surface area contributed by atoms with Crippen molar-refractivity contribution in [2.24, 2.45) is 0 Å². The van der Waals surface area contributed by atoms with E-state index in [1.807, 2.05) is 0 Å². The summed E-state index contributed by atoms with van der Waals surface area (Å²) in [5.74, 6) is -0.378. The van der Waals surface area contributed by atoms with Crippen molar-refractivity contribution in [3.63, 3.8) is 0 Å². The lowest BCUT2D eigenvalue weighted by molar-refractivity contribution is -0.115. The molecule has 0 aliphatic heterocycles. The van der Waals surface area contributed by atoms with Crippen LogP contribution in [0.1, 0.15) is 29.3 Å². The highest BCUT2D eigenvalue weighted by Gasteiger charge is 2.08. The van der Waals surface area contributed by atoms with E-state index in [9.17, 15) is 14.4 Å². The minimum Gasteiger partial charge on any atom is -0.434 e. The third-order valence-electron chi connectivity index (χ3n) is 3.51. The van der Waals surface area contributed by atoms with Crippen LogP contribution in [-0.2, 0) is 16.1 Å². The maximum absolute atomic E-state index is 12.2. The Morgan fingerprint density at radius 2 is 1.71 bits per heavy atom. The number of nitriles is 1. The lowest BCUT2D eigenvalue weighted by Gasteiger charge is -2.08. The van der Waals surface area contributed by atoms with Gasteiger partial charge in [0.1, 0.15) is 12.2 Å². The van der Waals surface area contributed by atoms with Crippen LogP contribution in [0.15, 0.2) is 48.5 Å². The lowest BCUT2D eigenvalue weighted by atomic mass is 10.1.